The monoisotopic (exact) mass is 341 g/mol. The van der Waals surface area contributed by atoms with E-state index in [2.05, 4.69) is 10.2 Å². The Hall–Kier alpha value is -2.86. The van der Waals surface area contributed by atoms with Gasteiger partial charge in [-0.15, -0.1) is 0 Å². The summed E-state index contributed by atoms with van der Waals surface area (Å²) in [6.45, 7) is 0.938. The second kappa shape index (κ2) is 8.84. The molecule has 0 aliphatic rings. The molecule has 0 aliphatic heterocycles. The number of hydrogen-bond donors (Lipinski definition) is 2. The highest BCUT2D eigenvalue weighted by molar-refractivity contribution is 5.97. The minimum Gasteiger partial charge on any atom is -0.483 e. The number of amides is 2. The molecule has 0 saturated heterocycles. The number of ether oxygens (including phenoxy) is 1. The lowest BCUT2D eigenvalue weighted by Gasteiger charge is -2.15. The zero-order valence-electron chi connectivity index (χ0n) is 14.5. The second-order valence-corrected chi connectivity index (χ2v) is 5.94. The number of carbonyl (C=O) groups is 2. The molecule has 6 nitrogen and oxygen atoms in total. The fourth-order valence-corrected chi connectivity index (χ4v) is 2.42. The molecular weight excluding hydrogens is 318 g/mol. The Morgan fingerprint density at radius 3 is 2.36 bits per heavy atom. The molecule has 0 aromatic heterocycles. The maximum absolute atomic E-state index is 12.5. The largest absolute Gasteiger partial charge is 0.483 e. The first-order valence-electron chi connectivity index (χ1n) is 7.97. The number of hydrogen-bond acceptors (Lipinski definition) is 4. The van der Waals surface area contributed by atoms with Gasteiger partial charge in [0.15, 0.2) is 6.61 Å². The Kier molecular flexibility index (Phi) is 6.54. The molecule has 0 heterocycles. The zero-order valence-corrected chi connectivity index (χ0v) is 14.5. The first kappa shape index (κ1) is 18.5. The molecule has 25 heavy (non-hydrogen) atoms. The summed E-state index contributed by atoms with van der Waals surface area (Å²) in [4.78, 5) is 25.5. The molecule has 2 aromatic rings. The molecule has 0 aliphatic carbocycles. The summed E-state index contributed by atoms with van der Waals surface area (Å²) in [5, 5.41) is 2.90. The van der Waals surface area contributed by atoms with E-state index in [0.29, 0.717) is 17.9 Å². The number of para-hydroxylation sites is 1. The maximum Gasteiger partial charge on any atom is 0.255 e. The summed E-state index contributed by atoms with van der Waals surface area (Å²) >= 11 is 0. The van der Waals surface area contributed by atoms with Crippen molar-refractivity contribution in [3.05, 3.63) is 65.2 Å². The Balaban J connectivity index is 2.07. The van der Waals surface area contributed by atoms with Gasteiger partial charge in [-0.1, -0.05) is 36.4 Å². The van der Waals surface area contributed by atoms with E-state index in [1.165, 1.54) is 0 Å². The molecule has 0 saturated carbocycles. The molecule has 0 spiro atoms. The van der Waals surface area contributed by atoms with Crippen LogP contribution in [-0.4, -0.2) is 37.4 Å². The van der Waals surface area contributed by atoms with Gasteiger partial charge in [-0.25, -0.2) is 0 Å². The second-order valence-electron chi connectivity index (χ2n) is 5.94. The average Bonchev–Trinajstić information content (AvgIpc) is 2.58. The van der Waals surface area contributed by atoms with Crippen LogP contribution in [-0.2, 0) is 17.9 Å². The quantitative estimate of drug-likeness (QED) is 0.763. The van der Waals surface area contributed by atoms with Crippen LogP contribution in [0.15, 0.2) is 48.5 Å². The molecule has 0 fully saturated rings. The molecule has 0 radical (unpaired) electrons. The topological polar surface area (TPSA) is 84.7 Å². The van der Waals surface area contributed by atoms with Gasteiger partial charge in [0, 0.05) is 13.1 Å². The van der Waals surface area contributed by atoms with Crippen molar-refractivity contribution in [3.8, 4) is 5.75 Å². The van der Waals surface area contributed by atoms with E-state index < -0.39 is 5.91 Å². The van der Waals surface area contributed by atoms with Gasteiger partial charge in [-0.2, -0.15) is 0 Å². The van der Waals surface area contributed by atoms with Crippen molar-refractivity contribution in [2.24, 2.45) is 5.73 Å². The lowest BCUT2D eigenvalue weighted by molar-refractivity contribution is -0.119. The van der Waals surface area contributed by atoms with Crippen LogP contribution in [0.1, 0.15) is 21.5 Å². The fourth-order valence-electron chi connectivity index (χ4n) is 2.42. The maximum atomic E-state index is 12.5. The highest BCUT2D eigenvalue weighted by Crippen LogP contribution is 2.18. The van der Waals surface area contributed by atoms with E-state index in [1.54, 1.807) is 24.3 Å². The van der Waals surface area contributed by atoms with Crippen molar-refractivity contribution >= 4 is 11.8 Å². The van der Waals surface area contributed by atoms with Crippen molar-refractivity contribution < 1.29 is 14.3 Å². The lowest BCUT2D eigenvalue weighted by Crippen LogP contribution is -2.26. The van der Waals surface area contributed by atoms with Gasteiger partial charge in [0.1, 0.15) is 5.75 Å². The number of rotatable bonds is 8. The third-order valence-corrected chi connectivity index (χ3v) is 3.55. The molecule has 6 heteroatoms. The van der Waals surface area contributed by atoms with Crippen LogP contribution in [0.5, 0.6) is 5.75 Å². The number of carbonyl (C=O) groups excluding carboxylic acids is 2. The summed E-state index contributed by atoms with van der Waals surface area (Å²) in [5.74, 6) is -0.520. The van der Waals surface area contributed by atoms with E-state index in [0.717, 1.165) is 17.7 Å². The number of nitrogens with two attached hydrogens (primary N) is 1. The molecule has 0 unspecified atom stereocenters. The van der Waals surface area contributed by atoms with E-state index in [4.69, 9.17) is 10.5 Å². The summed E-state index contributed by atoms with van der Waals surface area (Å²) in [6, 6.07) is 14.7. The van der Waals surface area contributed by atoms with Gasteiger partial charge >= 0.3 is 0 Å². The lowest BCUT2D eigenvalue weighted by atomic mass is 10.1. The molecule has 2 amide bonds. The molecule has 3 N–H and O–H groups in total. The first-order chi connectivity index (χ1) is 12.0. The van der Waals surface area contributed by atoms with Crippen LogP contribution < -0.4 is 15.8 Å². The van der Waals surface area contributed by atoms with Crippen LogP contribution in [0.4, 0.5) is 0 Å². The molecule has 0 atom stereocenters. The number of nitrogens with one attached hydrogen (secondary N) is 1. The first-order valence-corrected chi connectivity index (χ1v) is 7.97. The predicted molar refractivity (Wildman–Crippen MR) is 96.1 cm³/mol. The normalized spacial score (nSPS) is 10.5. The number of primary amides is 1. The Morgan fingerprint density at radius 2 is 1.68 bits per heavy atom. The third kappa shape index (κ3) is 5.61. The number of nitrogens with zero attached hydrogens (tertiary/aromatic N) is 1. The van der Waals surface area contributed by atoms with Crippen LogP contribution in [0.2, 0.25) is 0 Å². The fraction of sp³-hybridized carbons (Fsp3) is 0.263. The van der Waals surface area contributed by atoms with Crippen molar-refractivity contribution in [2.45, 2.75) is 13.1 Å². The SMILES string of the molecule is CN(C)Cc1ccccc1CNC(=O)c1ccccc1OCC(N)=O. The Bertz CT molecular complexity index is 744. The predicted octanol–water partition coefficient (Wildman–Crippen LogP) is 1.54. The molecule has 2 aromatic carbocycles. The van der Waals surface area contributed by atoms with Crippen molar-refractivity contribution in [2.75, 3.05) is 20.7 Å². The zero-order chi connectivity index (χ0) is 18.2. The van der Waals surface area contributed by atoms with Crippen molar-refractivity contribution in [3.63, 3.8) is 0 Å². The third-order valence-electron chi connectivity index (χ3n) is 3.55. The Labute approximate surface area is 147 Å². The summed E-state index contributed by atoms with van der Waals surface area (Å²) in [6.07, 6.45) is 0. The molecule has 132 valence electrons. The van der Waals surface area contributed by atoms with Crippen molar-refractivity contribution in [1.29, 1.82) is 0 Å². The van der Waals surface area contributed by atoms with E-state index >= 15 is 0 Å². The summed E-state index contributed by atoms with van der Waals surface area (Å²) in [5.41, 5.74) is 7.67. The summed E-state index contributed by atoms with van der Waals surface area (Å²) < 4.78 is 5.31. The van der Waals surface area contributed by atoms with Crippen LogP contribution in [0.3, 0.4) is 0 Å². The number of benzene rings is 2. The van der Waals surface area contributed by atoms with Gasteiger partial charge < -0.3 is 20.7 Å². The van der Waals surface area contributed by atoms with Crippen LogP contribution in [0, 0.1) is 0 Å². The summed E-state index contributed by atoms with van der Waals surface area (Å²) in [7, 11) is 4.00. The van der Waals surface area contributed by atoms with Crippen LogP contribution in [0.25, 0.3) is 0 Å². The van der Waals surface area contributed by atoms with E-state index in [-0.39, 0.29) is 12.5 Å². The average molecular weight is 341 g/mol. The highest BCUT2D eigenvalue weighted by Gasteiger charge is 2.13. The molecule has 0 bridgehead atoms. The highest BCUT2D eigenvalue weighted by atomic mass is 16.5. The van der Waals surface area contributed by atoms with Gasteiger partial charge in [0.25, 0.3) is 11.8 Å². The standard InChI is InChI=1S/C19H23N3O3/c1-22(2)12-15-8-4-3-7-14(15)11-21-19(24)16-9-5-6-10-17(16)25-13-18(20)23/h3-10H,11-13H2,1-2H3,(H2,20,23)(H,21,24). The molecule has 2 rings (SSSR count). The van der Waals surface area contributed by atoms with Gasteiger partial charge in [0.2, 0.25) is 0 Å². The van der Waals surface area contributed by atoms with Gasteiger partial charge in [-0.3, -0.25) is 9.59 Å². The van der Waals surface area contributed by atoms with Crippen LogP contribution >= 0.6 is 0 Å². The minimum absolute atomic E-state index is 0.264. The van der Waals surface area contributed by atoms with E-state index in [9.17, 15) is 9.59 Å². The van der Waals surface area contributed by atoms with Gasteiger partial charge in [-0.05, 0) is 37.4 Å². The Morgan fingerprint density at radius 1 is 1.04 bits per heavy atom. The molecular formula is C19H23N3O3. The van der Waals surface area contributed by atoms with Crippen molar-refractivity contribution in [1.82, 2.24) is 10.2 Å². The van der Waals surface area contributed by atoms with E-state index in [1.807, 2.05) is 38.4 Å². The van der Waals surface area contributed by atoms with Gasteiger partial charge in [0.05, 0.1) is 5.56 Å². The smallest absolute Gasteiger partial charge is 0.255 e. The minimum atomic E-state index is -0.590.